The van der Waals surface area contributed by atoms with E-state index in [4.69, 9.17) is 21.4 Å². The number of hydrogen-bond acceptors (Lipinski definition) is 5. The summed E-state index contributed by atoms with van der Waals surface area (Å²) in [6, 6.07) is 21.0. The monoisotopic (exact) mass is 618 g/mol. The molecule has 1 aliphatic rings. The van der Waals surface area contributed by atoms with Gasteiger partial charge >= 0.3 is 0 Å². The Bertz CT molecular complexity index is 1560. The van der Waals surface area contributed by atoms with Gasteiger partial charge in [0.15, 0.2) is 5.11 Å². The fraction of sp³-hybridized carbons (Fsp3) is 0.258. The molecule has 1 amide bonds. The number of carbonyl (C=O) groups excluding carboxylic acids is 1. The number of nitrogens with zero attached hydrogens (tertiary/aromatic N) is 2. The topological polar surface area (TPSA) is 79.6 Å². The van der Waals surface area contributed by atoms with E-state index >= 15 is 0 Å². The lowest BCUT2D eigenvalue weighted by atomic mass is 9.95. The van der Waals surface area contributed by atoms with Crippen LogP contribution in [-0.4, -0.2) is 23.1 Å². The molecule has 0 unspecified atom stereocenters. The van der Waals surface area contributed by atoms with Crippen LogP contribution < -0.4 is 20.3 Å². The normalized spacial score (nSPS) is 17.1. The first kappa shape index (κ1) is 27.9. The van der Waals surface area contributed by atoms with Crippen LogP contribution in [0, 0.1) is 12.3 Å². The van der Waals surface area contributed by atoms with Gasteiger partial charge in [0.25, 0.3) is 0 Å². The summed E-state index contributed by atoms with van der Waals surface area (Å²) in [5.41, 5.74) is 3.80. The van der Waals surface area contributed by atoms with Gasteiger partial charge in [-0.25, -0.2) is 0 Å². The maximum atomic E-state index is 12.7. The van der Waals surface area contributed by atoms with Gasteiger partial charge in [0.05, 0.1) is 24.5 Å². The Hall–Kier alpha value is -3.69. The highest BCUT2D eigenvalue weighted by molar-refractivity contribution is 9.10. The number of aryl methyl sites for hydroxylation is 1. The largest absolute Gasteiger partial charge is 0.494 e. The highest BCUT2D eigenvalue weighted by Crippen LogP contribution is 2.45. The third-order valence-electron chi connectivity index (χ3n) is 6.80. The van der Waals surface area contributed by atoms with Gasteiger partial charge in [-0.2, -0.15) is 0 Å². The summed E-state index contributed by atoms with van der Waals surface area (Å²) in [7, 11) is 1.58. The van der Waals surface area contributed by atoms with Gasteiger partial charge in [-0.05, 0) is 73.2 Å². The molecule has 2 aromatic carbocycles. The van der Waals surface area contributed by atoms with E-state index in [2.05, 4.69) is 50.6 Å². The SMILES string of the molecule is COc1cc(N2C(=S)N[C@H](c3ccccn3)[C@@H]2c2ccc(-c3ccc(C)cc3Br)o2)ccc1NC(=O)C(C)(C)C. The molecule has 40 heavy (non-hydrogen) atoms. The molecule has 0 aliphatic carbocycles. The molecule has 3 heterocycles. The molecule has 0 saturated carbocycles. The molecule has 4 aromatic rings. The number of aromatic nitrogens is 1. The predicted molar refractivity (Wildman–Crippen MR) is 166 cm³/mol. The average Bonchev–Trinajstić information content (AvgIpc) is 3.53. The van der Waals surface area contributed by atoms with E-state index in [1.54, 1.807) is 13.3 Å². The van der Waals surface area contributed by atoms with Crippen molar-refractivity contribution in [2.24, 2.45) is 5.41 Å². The lowest BCUT2D eigenvalue weighted by Crippen LogP contribution is -2.30. The van der Waals surface area contributed by atoms with Crippen molar-refractivity contribution >= 4 is 50.5 Å². The number of methoxy groups -OCH3 is 1. The zero-order valence-corrected chi connectivity index (χ0v) is 25.4. The van der Waals surface area contributed by atoms with Crippen molar-refractivity contribution in [2.75, 3.05) is 17.3 Å². The highest BCUT2D eigenvalue weighted by atomic mass is 79.9. The minimum atomic E-state index is -0.547. The van der Waals surface area contributed by atoms with Crippen molar-refractivity contribution in [3.63, 3.8) is 0 Å². The molecule has 5 rings (SSSR count). The third kappa shape index (κ3) is 5.48. The molecule has 9 heteroatoms. The summed E-state index contributed by atoms with van der Waals surface area (Å²) >= 11 is 9.55. The molecule has 206 valence electrons. The van der Waals surface area contributed by atoms with Crippen LogP contribution in [0.4, 0.5) is 11.4 Å². The molecule has 0 spiro atoms. The number of rotatable bonds is 6. The maximum Gasteiger partial charge on any atom is 0.229 e. The smallest absolute Gasteiger partial charge is 0.229 e. The molecular formula is C31H31BrN4O3S. The van der Waals surface area contributed by atoms with Gasteiger partial charge in [-0.3, -0.25) is 9.78 Å². The number of thiocarbonyl (C=S) groups is 1. The third-order valence-corrected chi connectivity index (χ3v) is 7.77. The van der Waals surface area contributed by atoms with E-state index in [1.807, 2.05) is 80.3 Å². The molecular weight excluding hydrogens is 588 g/mol. The Balaban J connectivity index is 1.57. The van der Waals surface area contributed by atoms with Crippen molar-refractivity contribution in [2.45, 2.75) is 39.8 Å². The second-order valence-corrected chi connectivity index (χ2v) is 12.0. The van der Waals surface area contributed by atoms with Gasteiger partial charge in [0, 0.05) is 33.4 Å². The van der Waals surface area contributed by atoms with Crippen molar-refractivity contribution in [1.29, 1.82) is 0 Å². The summed E-state index contributed by atoms with van der Waals surface area (Å²) in [4.78, 5) is 19.3. The van der Waals surface area contributed by atoms with Crippen LogP contribution in [-0.2, 0) is 4.79 Å². The first-order chi connectivity index (χ1) is 19.1. The standard InChI is InChI=1S/C31H31BrN4O3S/c1-18-9-11-20(21(32)16-18)24-13-14-25(39-24)28-27(23-8-6-7-15-33-23)35-30(40)36(28)19-10-12-22(26(17-19)38-5)34-29(37)31(2,3)4/h6-17,27-28H,1-5H3,(H,34,37)(H,35,40)/t27-,28+/m1/s1. The van der Waals surface area contributed by atoms with Gasteiger partial charge in [0.1, 0.15) is 23.3 Å². The number of halogens is 1. The summed E-state index contributed by atoms with van der Waals surface area (Å²) in [6.07, 6.45) is 1.77. The number of amides is 1. The zero-order chi connectivity index (χ0) is 28.6. The molecule has 1 fully saturated rings. The molecule has 1 saturated heterocycles. The number of furan rings is 1. The number of hydrogen-bond donors (Lipinski definition) is 2. The number of carbonyl (C=O) groups is 1. The Kier molecular flexibility index (Phi) is 7.70. The second-order valence-electron chi connectivity index (χ2n) is 10.8. The van der Waals surface area contributed by atoms with Gasteiger partial charge < -0.3 is 24.7 Å². The van der Waals surface area contributed by atoms with Crippen LogP contribution in [0.1, 0.15) is 49.9 Å². The molecule has 2 aromatic heterocycles. The molecule has 0 bridgehead atoms. The Labute approximate surface area is 248 Å². The van der Waals surface area contributed by atoms with E-state index in [1.165, 1.54) is 0 Å². The minimum absolute atomic E-state index is 0.101. The molecule has 0 radical (unpaired) electrons. The Morgan fingerprint density at radius 2 is 1.93 bits per heavy atom. The summed E-state index contributed by atoms with van der Waals surface area (Å²) in [6.45, 7) is 7.66. The van der Waals surface area contributed by atoms with Gasteiger partial charge in [0.2, 0.25) is 5.91 Å². The van der Waals surface area contributed by atoms with Gasteiger partial charge in [-0.1, -0.05) is 48.8 Å². The number of benzene rings is 2. The first-order valence-corrected chi connectivity index (χ1v) is 14.1. The molecule has 2 atom stereocenters. The fourth-order valence-corrected chi connectivity index (χ4v) is 5.68. The maximum absolute atomic E-state index is 12.7. The average molecular weight is 620 g/mol. The zero-order valence-electron chi connectivity index (χ0n) is 23.0. The lowest BCUT2D eigenvalue weighted by molar-refractivity contribution is -0.123. The molecule has 7 nitrogen and oxygen atoms in total. The Morgan fingerprint density at radius 3 is 2.60 bits per heavy atom. The number of pyridine rings is 1. The molecule has 1 aliphatic heterocycles. The molecule has 2 N–H and O–H groups in total. The summed E-state index contributed by atoms with van der Waals surface area (Å²) in [5, 5.41) is 6.96. The fourth-order valence-electron chi connectivity index (χ4n) is 4.64. The van der Waals surface area contributed by atoms with Crippen molar-refractivity contribution in [1.82, 2.24) is 10.3 Å². The highest BCUT2D eigenvalue weighted by Gasteiger charge is 2.43. The van der Waals surface area contributed by atoms with E-state index in [0.717, 1.165) is 38.5 Å². The van der Waals surface area contributed by atoms with E-state index in [9.17, 15) is 4.79 Å². The Morgan fingerprint density at radius 1 is 1.12 bits per heavy atom. The number of ether oxygens (including phenoxy) is 1. The minimum Gasteiger partial charge on any atom is -0.494 e. The second kappa shape index (κ2) is 11.1. The van der Waals surface area contributed by atoms with Crippen LogP contribution in [0.3, 0.4) is 0 Å². The number of anilines is 2. The summed E-state index contributed by atoms with van der Waals surface area (Å²) < 4.78 is 13.2. The first-order valence-electron chi connectivity index (χ1n) is 12.9. The van der Waals surface area contributed by atoms with E-state index in [0.29, 0.717) is 16.5 Å². The van der Waals surface area contributed by atoms with E-state index in [-0.39, 0.29) is 18.0 Å². The van der Waals surface area contributed by atoms with Crippen LogP contribution in [0.25, 0.3) is 11.3 Å². The number of nitrogens with one attached hydrogen (secondary N) is 2. The van der Waals surface area contributed by atoms with Crippen LogP contribution in [0.5, 0.6) is 5.75 Å². The van der Waals surface area contributed by atoms with Crippen molar-refractivity contribution in [3.8, 4) is 17.1 Å². The van der Waals surface area contributed by atoms with Crippen molar-refractivity contribution < 1.29 is 13.9 Å². The summed E-state index contributed by atoms with van der Waals surface area (Å²) in [5.74, 6) is 1.91. The quantitative estimate of drug-likeness (QED) is 0.216. The van der Waals surface area contributed by atoms with Crippen molar-refractivity contribution in [3.05, 3.63) is 94.4 Å². The lowest BCUT2D eigenvalue weighted by Gasteiger charge is -2.27. The van der Waals surface area contributed by atoms with Gasteiger partial charge in [-0.15, -0.1) is 0 Å². The predicted octanol–water partition coefficient (Wildman–Crippen LogP) is 7.58. The van der Waals surface area contributed by atoms with Crippen LogP contribution in [0.2, 0.25) is 0 Å². The van der Waals surface area contributed by atoms with E-state index < -0.39 is 5.41 Å². The van der Waals surface area contributed by atoms with Crippen LogP contribution >= 0.6 is 28.1 Å². The van der Waals surface area contributed by atoms with Crippen LogP contribution in [0.15, 0.2) is 81.8 Å².